The van der Waals surface area contributed by atoms with Crippen LogP contribution in [0.15, 0.2) is 122 Å². The maximum atomic E-state index is 13.9. The highest BCUT2D eigenvalue weighted by Crippen LogP contribution is 2.31. The topological polar surface area (TPSA) is 143 Å². The maximum absolute atomic E-state index is 13.9. The Balaban J connectivity index is 0.000000158. The molecule has 0 bridgehead atoms. The minimum Gasteiger partial charge on any atom is -0.363 e. The van der Waals surface area contributed by atoms with E-state index in [0.717, 1.165) is 53.8 Å². The van der Waals surface area contributed by atoms with Gasteiger partial charge in [-0.3, -0.25) is 18.4 Å². The minimum absolute atomic E-state index is 0.145. The highest BCUT2D eigenvalue weighted by molar-refractivity contribution is 6.34. The van der Waals surface area contributed by atoms with Gasteiger partial charge in [0.15, 0.2) is 22.9 Å². The summed E-state index contributed by atoms with van der Waals surface area (Å²) >= 11 is 12.8. The van der Waals surface area contributed by atoms with Crippen LogP contribution in [0.5, 0.6) is 0 Å². The fourth-order valence-electron chi connectivity index (χ4n) is 6.82. The SMILES string of the molecule is O=C(NC1CC1)c1ccc(-c2cnc3c(NCc4ccc(F)cc4)nccn23)cc1Cl.O=C(NC1CC1)c1ccc(-c2cnc3c(NCc4ccccc4F)nccn23)cc1Cl. The molecule has 4 aromatic heterocycles. The smallest absolute Gasteiger partial charge is 0.253 e. The molecule has 0 saturated heterocycles. The molecule has 0 radical (unpaired) electrons. The third-order valence-electron chi connectivity index (χ3n) is 10.5. The number of carbonyl (C=O) groups is 2. The molecule has 12 nitrogen and oxygen atoms in total. The van der Waals surface area contributed by atoms with Crippen LogP contribution < -0.4 is 21.3 Å². The lowest BCUT2D eigenvalue weighted by molar-refractivity contribution is 0.0942. The third-order valence-corrected chi connectivity index (χ3v) is 11.1. The summed E-state index contributed by atoms with van der Waals surface area (Å²) < 4.78 is 30.8. The molecule has 10 rings (SSSR count). The van der Waals surface area contributed by atoms with Gasteiger partial charge >= 0.3 is 0 Å². The van der Waals surface area contributed by atoms with Gasteiger partial charge in [-0.25, -0.2) is 28.7 Å². The van der Waals surface area contributed by atoms with Gasteiger partial charge < -0.3 is 21.3 Å². The molecule has 2 aliphatic carbocycles. The van der Waals surface area contributed by atoms with Gasteiger partial charge in [0, 0.05) is 66.7 Å². The van der Waals surface area contributed by atoms with Crippen molar-refractivity contribution in [2.24, 2.45) is 0 Å². The summed E-state index contributed by atoms with van der Waals surface area (Å²) in [4.78, 5) is 42.4. The van der Waals surface area contributed by atoms with Crippen molar-refractivity contribution in [3.8, 4) is 22.5 Å². The summed E-state index contributed by atoms with van der Waals surface area (Å²) in [6.45, 7) is 0.782. The molecule has 0 unspecified atom stereocenters. The van der Waals surface area contributed by atoms with Gasteiger partial charge in [0.1, 0.15) is 11.6 Å². The van der Waals surface area contributed by atoms with Crippen LogP contribution in [0.2, 0.25) is 10.0 Å². The number of aromatic nitrogens is 6. The Kier molecular flexibility index (Phi) is 11.5. The first-order chi connectivity index (χ1) is 30.2. The zero-order chi connectivity index (χ0) is 42.7. The molecule has 8 aromatic rings. The number of halogens is 4. The second-order valence-electron chi connectivity index (χ2n) is 15.0. The molecule has 4 aromatic carbocycles. The Labute approximate surface area is 364 Å². The Bertz CT molecular complexity index is 2950. The van der Waals surface area contributed by atoms with Gasteiger partial charge in [0.25, 0.3) is 11.8 Å². The van der Waals surface area contributed by atoms with Crippen LogP contribution in [0.3, 0.4) is 0 Å². The molecular weight excluding hydrogens is 833 g/mol. The van der Waals surface area contributed by atoms with Gasteiger partial charge in [-0.2, -0.15) is 0 Å². The second kappa shape index (κ2) is 17.6. The van der Waals surface area contributed by atoms with Crippen molar-refractivity contribution >= 4 is 57.9 Å². The molecule has 62 heavy (non-hydrogen) atoms. The molecule has 2 amide bonds. The number of benzene rings is 4. The van der Waals surface area contributed by atoms with Crippen LogP contribution >= 0.6 is 23.2 Å². The average Bonchev–Trinajstić information content (AvgIpc) is 4.19. The average molecular weight is 872 g/mol. The summed E-state index contributed by atoms with van der Waals surface area (Å²) in [5.41, 5.74) is 6.98. The van der Waals surface area contributed by atoms with E-state index in [1.807, 2.05) is 27.1 Å². The van der Waals surface area contributed by atoms with Crippen molar-refractivity contribution in [2.45, 2.75) is 50.9 Å². The first-order valence-corrected chi connectivity index (χ1v) is 20.8. The Morgan fingerprint density at radius 3 is 1.61 bits per heavy atom. The minimum atomic E-state index is -0.272. The molecular formula is C46H38Cl2F2N10O2. The van der Waals surface area contributed by atoms with E-state index in [4.69, 9.17) is 23.2 Å². The van der Waals surface area contributed by atoms with Crippen LogP contribution in [0, 0.1) is 11.6 Å². The summed E-state index contributed by atoms with van der Waals surface area (Å²) in [6, 6.07) is 24.2. The first-order valence-electron chi connectivity index (χ1n) is 20.0. The lowest BCUT2D eigenvalue weighted by Crippen LogP contribution is -2.25. The molecule has 2 fully saturated rings. The second-order valence-corrected chi connectivity index (χ2v) is 15.8. The molecule has 0 atom stereocenters. The number of nitrogens with zero attached hydrogens (tertiary/aromatic N) is 6. The number of fused-ring (bicyclic) bond motifs is 2. The van der Waals surface area contributed by atoms with Crippen molar-refractivity contribution in [2.75, 3.05) is 10.6 Å². The highest BCUT2D eigenvalue weighted by atomic mass is 35.5. The zero-order valence-corrected chi connectivity index (χ0v) is 34.5. The lowest BCUT2D eigenvalue weighted by Gasteiger charge is -2.10. The number of amides is 2. The summed E-state index contributed by atoms with van der Waals surface area (Å²) in [5, 5.41) is 13.1. The quantitative estimate of drug-likeness (QED) is 0.0952. The van der Waals surface area contributed by atoms with Crippen molar-refractivity contribution in [3.63, 3.8) is 0 Å². The Morgan fingerprint density at radius 2 is 1.13 bits per heavy atom. The molecule has 16 heteroatoms. The van der Waals surface area contributed by atoms with Gasteiger partial charge in [0.2, 0.25) is 0 Å². The Hall–Kier alpha value is -6.90. The van der Waals surface area contributed by atoms with E-state index < -0.39 is 0 Å². The van der Waals surface area contributed by atoms with Crippen LogP contribution in [-0.4, -0.2) is 52.6 Å². The zero-order valence-electron chi connectivity index (χ0n) is 33.0. The van der Waals surface area contributed by atoms with Crippen LogP contribution in [-0.2, 0) is 13.1 Å². The van der Waals surface area contributed by atoms with Crippen LogP contribution in [0.25, 0.3) is 33.8 Å². The molecule has 4 heterocycles. The number of carbonyl (C=O) groups excluding carboxylic acids is 2. The van der Waals surface area contributed by atoms with Crippen LogP contribution in [0.4, 0.5) is 20.4 Å². The normalized spacial score (nSPS) is 13.4. The van der Waals surface area contributed by atoms with E-state index >= 15 is 0 Å². The molecule has 2 aliphatic rings. The van der Waals surface area contributed by atoms with E-state index in [0.29, 0.717) is 56.2 Å². The number of rotatable bonds is 12. The van der Waals surface area contributed by atoms with E-state index in [1.54, 1.807) is 85.6 Å². The first kappa shape index (κ1) is 40.5. The monoisotopic (exact) mass is 870 g/mol. The number of hydrogen-bond donors (Lipinski definition) is 4. The summed E-state index contributed by atoms with van der Waals surface area (Å²) in [6.07, 6.45) is 14.5. The van der Waals surface area contributed by atoms with E-state index in [-0.39, 0.29) is 42.1 Å². The molecule has 0 spiro atoms. The molecule has 2 saturated carbocycles. The number of imidazole rings is 2. The highest BCUT2D eigenvalue weighted by Gasteiger charge is 2.26. The van der Waals surface area contributed by atoms with Crippen molar-refractivity contribution in [3.05, 3.63) is 166 Å². The van der Waals surface area contributed by atoms with E-state index in [9.17, 15) is 18.4 Å². The van der Waals surface area contributed by atoms with Gasteiger partial charge in [-0.15, -0.1) is 0 Å². The maximum Gasteiger partial charge on any atom is 0.253 e. The fourth-order valence-corrected chi connectivity index (χ4v) is 7.36. The van der Waals surface area contributed by atoms with Crippen molar-refractivity contribution in [1.29, 1.82) is 0 Å². The standard InChI is InChI=1S/2C23H19ClFN5O/c24-19-11-15(3-8-18(19)23(31)29-17-6-7-17)20-13-28-22-21(26-9-10-30(20)22)27-12-14-1-4-16(25)5-2-14;24-18-11-14(5-8-17(18)23(31)29-16-6-7-16)20-13-28-22-21(26-9-10-30(20)22)27-12-15-3-1-2-4-19(15)25/h1-5,8-11,13,17H,6-7,12H2,(H,26,27)(H,29,31);1-5,8-11,13,16H,6-7,12H2,(H,26,27)(H,29,31). The molecule has 0 aliphatic heterocycles. The van der Waals surface area contributed by atoms with E-state index in [1.165, 1.54) is 18.2 Å². The van der Waals surface area contributed by atoms with Gasteiger partial charge in [-0.1, -0.05) is 65.7 Å². The summed E-state index contributed by atoms with van der Waals surface area (Å²) in [5.74, 6) is 0.325. The van der Waals surface area contributed by atoms with Crippen molar-refractivity contribution < 1.29 is 18.4 Å². The predicted octanol–water partition coefficient (Wildman–Crippen LogP) is 9.39. The number of nitrogens with one attached hydrogen (secondary N) is 4. The van der Waals surface area contributed by atoms with Gasteiger partial charge in [-0.05, 0) is 73.7 Å². The molecule has 4 N–H and O–H groups in total. The molecule has 312 valence electrons. The van der Waals surface area contributed by atoms with E-state index in [2.05, 4.69) is 41.2 Å². The predicted molar refractivity (Wildman–Crippen MR) is 235 cm³/mol. The Morgan fingerprint density at radius 1 is 0.629 bits per heavy atom. The largest absolute Gasteiger partial charge is 0.363 e. The van der Waals surface area contributed by atoms with Crippen LogP contribution in [0.1, 0.15) is 57.5 Å². The van der Waals surface area contributed by atoms with Crippen molar-refractivity contribution in [1.82, 2.24) is 39.4 Å². The number of anilines is 2. The lowest BCUT2D eigenvalue weighted by atomic mass is 10.1. The fraction of sp³-hybridized carbons (Fsp3) is 0.174. The number of hydrogen-bond acceptors (Lipinski definition) is 8. The van der Waals surface area contributed by atoms with Gasteiger partial charge in [0.05, 0.1) is 45.0 Å². The third kappa shape index (κ3) is 9.06. The summed E-state index contributed by atoms with van der Waals surface area (Å²) in [7, 11) is 0.